The third-order valence-electron chi connectivity index (χ3n) is 2.47. The lowest BCUT2D eigenvalue weighted by molar-refractivity contribution is 0.102. The number of nitrogens with two attached hydrogens (primary N) is 1. The van der Waals surface area contributed by atoms with Gasteiger partial charge in [-0.15, -0.1) is 0 Å². The fourth-order valence-electron chi connectivity index (χ4n) is 1.54. The molecular formula is C13H12ClN3O2. The monoisotopic (exact) mass is 277 g/mol. The number of hydrogen-bond donors (Lipinski definition) is 2. The highest BCUT2D eigenvalue weighted by molar-refractivity contribution is 6.30. The lowest BCUT2D eigenvalue weighted by atomic mass is 10.2. The first-order valence-corrected chi connectivity index (χ1v) is 5.84. The predicted octanol–water partition coefficient (Wildman–Crippen LogP) is 2.58. The summed E-state index contributed by atoms with van der Waals surface area (Å²) in [5, 5.41) is 2.93. The molecule has 1 heterocycles. The van der Waals surface area contributed by atoms with E-state index in [-0.39, 0.29) is 22.3 Å². The number of carbonyl (C=O) groups excluding carboxylic acids is 1. The van der Waals surface area contributed by atoms with Crippen LogP contribution >= 0.6 is 11.6 Å². The number of amides is 1. The lowest BCUT2D eigenvalue weighted by Gasteiger charge is -2.08. The number of hydrogen-bond acceptors (Lipinski definition) is 4. The van der Waals surface area contributed by atoms with E-state index in [9.17, 15) is 4.79 Å². The first kappa shape index (κ1) is 13.2. The van der Waals surface area contributed by atoms with Crippen molar-refractivity contribution >= 4 is 28.9 Å². The van der Waals surface area contributed by atoms with Gasteiger partial charge in [-0.2, -0.15) is 0 Å². The van der Waals surface area contributed by atoms with Gasteiger partial charge in [-0.25, -0.2) is 4.98 Å². The molecule has 98 valence electrons. The summed E-state index contributed by atoms with van der Waals surface area (Å²) in [6.45, 7) is 0. The van der Waals surface area contributed by atoms with Crippen molar-refractivity contribution in [2.45, 2.75) is 0 Å². The lowest BCUT2D eigenvalue weighted by Crippen LogP contribution is -2.14. The molecule has 0 aliphatic heterocycles. The summed E-state index contributed by atoms with van der Waals surface area (Å²) in [5.74, 6) is 0.300. The van der Waals surface area contributed by atoms with Crippen LogP contribution in [0.15, 0.2) is 36.5 Å². The van der Waals surface area contributed by atoms with Crippen LogP contribution in [0.4, 0.5) is 11.4 Å². The molecule has 19 heavy (non-hydrogen) atoms. The van der Waals surface area contributed by atoms with Gasteiger partial charge in [-0.05, 0) is 18.2 Å². The van der Waals surface area contributed by atoms with Crippen LogP contribution < -0.4 is 15.8 Å². The molecule has 0 radical (unpaired) electrons. The SMILES string of the molecule is COc1cccc(NC(=O)c2cc(Cl)ncc2N)c1. The fourth-order valence-corrected chi connectivity index (χ4v) is 1.69. The zero-order chi connectivity index (χ0) is 13.8. The molecule has 0 saturated heterocycles. The average molecular weight is 278 g/mol. The van der Waals surface area contributed by atoms with E-state index in [0.29, 0.717) is 11.4 Å². The van der Waals surface area contributed by atoms with E-state index in [0.717, 1.165) is 0 Å². The Bertz CT molecular complexity index is 617. The molecular weight excluding hydrogens is 266 g/mol. The number of anilines is 2. The standard InChI is InChI=1S/C13H12ClN3O2/c1-19-9-4-2-3-8(5-9)17-13(18)10-6-12(14)16-7-11(10)15/h2-7H,15H2,1H3,(H,17,18). The third-order valence-corrected chi connectivity index (χ3v) is 2.68. The van der Waals surface area contributed by atoms with Crippen LogP contribution in [-0.4, -0.2) is 18.0 Å². The number of carbonyl (C=O) groups is 1. The number of ether oxygens (including phenoxy) is 1. The molecule has 0 spiro atoms. The summed E-state index contributed by atoms with van der Waals surface area (Å²) in [7, 11) is 1.56. The number of rotatable bonds is 3. The predicted molar refractivity (Wildman–Crippen MR) is 74.6 cm³/mol. The van der Waals surface area contributed by atoms with Gasteiger partial charge in [-0.3, -0.25) is 4.79 Å². The minimum Gasteiger partial charge on any atom is -0.497 e. The molecule has 3 N–H and O–H groups in total. The molecule has 0 saturated carbocycles. The van der Waals surface area contributed by atoms with Gasteiger partial charge in [0.1, 0.15) is 10.9 Å². The molecule has 0 bridgehead atoms. The molecule has 0 aliphatic carbocycles. The van der Waals surface area contributed by atoms with Crippen molar-refractivity contribution in [3.05, 3.63) is 47.2 Å². The zero-order valence-corrected chi connectivity index (χ0v) is 10.9. The number of pyridine rings is 1. The summed E-state index contributed by atoms with van der Waals surface area (Å²) >= 11 is 5.74. The Kier molecular flexibility index (Phi) is 3.87. The summed E-state index contributed by atoms with van der Waals surface area (Å²) in [5.41, 5.74) is 6.85. The van der Waals surface area contributed by atoms with Crippen molar-refractivity contribution < 1.29 is 9.53 Å². The van der Waals surface area contributed by atoms with Crippen LogP contribution in [0.1, 0.15) is 10.4 Å². The number of nitrogens with one attached hydrogen (secondary N) is 1. The highest BCUT2D eigenvalue weighted by Gasteiger charge is 2.11. The summed E-state index contributed by atoms with van der Waals surface area (Å²) < 4.78 is 5.08. The van der Waals surface area contributed by atoms with E-state index < -0.39 is 0 Å². The van der Waals surface area contributed by atoms with Gasteiger partial charge in [0.05, 0.1) is 24.6 Å². The Labute approximate surface area is 115 Å². The van der Waals surface area contributed by atoms with Crippen LogP contribution in [0.25, 0.3) is 0 Å². The highest BCUT2D eigenvalue weighted by Crippen LogP contribution is 2.20. The fraction of sp³-hybridized carbons (Fsp3) is 0.0769. The normalized spacial score (nSPS) is 10.0. The van der Waals surface area contributed by atoms with E-state index in [4.69, 9.17) is 22.1 Å². The van der Waals surface area contributed by atoms with Crippen molar-refractivity contribution in [1.82, 2.24) is 4.98 Å². The first-order chi connectivity index (χ1) is 9.10. The first-order valence-electron chi connectivity index (χ1n) is 5.46. The molecule has 1 aromatic heterocycles. The molecule has 0 aliphatic rings. The van der Waals surface area contributed by atoms with Crippen LogP contribution in [0.5, 0.6) is 5.75 Å². The number of nitrogen functional groups attached to an aromatic ring is 1. The number of benzene rings is 1. The van der Waals surface area contributed by atoms with Crippen molar-refractivity contribution in [1.29, 1.82) is 0 Å². The van der Waals surface area contributed by atoms with Gasteiger partial charge in [0, 0.05) is 11.8 Å². The van der Waals surface area contributed by atoms with E-state index in [1.807, 2.05) is 0 Å². The number of methoxy groups -OCH3 is 1. The molecule has 0 unspecified atom stereocenters. The largest absolute Gasteiger partial charge is 0.497 e. The second kappa shape index (κ2) is 5.58. The van der Waals surface area contributed by atoms with Gasteiger partial charge in [0.2, 0.25) is 0 Å². The summed E-state index contributed by atoms with van der Waals surface area (Å²) in [6.07, 6.45) is 1.35. The zero-order valence-electron chi connectivity index (χ0n) is 10.2. The Morgan fingerprint density at radius 3 is 2.95 bits per heavy atom. The molecule has 1 amide bonds. The van der Waals surface area contributed by atoms with Crippen LogP contribution in [-0.2, 0) is 0 Å². The molecule has 1 aromatic carbocycles. The Morgan fingerprint density at radius 2 is 2.21 bits per heavy atom. The van der Waals surface area contributed by atoms with Crippen LogP contribution in [0, 0.1) is 0 Å². The maximum atomic E-state index is 12.1. The minimum atomic E-state index is -0.352. The Balaban J connectivity index is 2.23. The Hall–Kier alpha value is -2.27. The molecule has 0 fully saturated rings. The number of nitrogens with zero attached hydrogens (tertiary/aromatic N) is 1. The maximum absolute atomic E-state index is 12.1. The second-order valence-electron chi connectivity index (χ2n) is 3.78. The number of halogens is 1. The molecule has 2 rings (SSSR count). The van der Waals surface area contributed by atoms with Crippen molar-refractivity contribution in [2.24, 2.45) is 0 Å². The van der Waals surface area contributed by atoms with E-state index in [1.165, 1.54) is 12.3 Å². The van der Waals surface area contributed by atoms with Crippen molar-refractivity contribution in [3.8, 4) is 5.75 Å². The van der Waals surface area contributed by atoms with Crippen molar-refractivity contribution in [2.75, 3.05) is 18.2 Å². The van der Waals surface area contributed by atoms with Crippen molar-refractivity contribution in [3.63, 3.8) is 0 Å². The molecule has 5 nitrogen and oxygen atoms in total. The van der Waals surface area contributed by atoms with Gasteiger partial charge >= 0.3 is 0 Å². The van der Waals surface area contributed by atoms with Gasteiger partial charge < -0.3 is 15.8 Å². The van der Waals surface area contributed by atoms with Crippen LogP contribution in [0.2, 0.25) is 5.15 Å². The highest BCUT2D eigenvalue weighted by atomic mass is 35.5. The van der Waals surface area contributed by atoms with Gasteiger partial charge in [-0.1, -0.05) is 17.7 Å². The van der Waals surface area contributed by atoms with Crippen LogP contribution in [0.3, 0.4) is 0 Å². The van der Waals surface area contributed by atoms with E-state index >= 15 is 0 Å². The Morgan fingerprint density at radius 1 is 1.42 bits per heavy atom. The third kappa shape index (κ3) is 3.14. The molecule has 0 atom stereocenters. The van der Waals surface area contributed by atoms with E-state index in [2.05, 4.69) is 10.3 Å². The second-order valence-corrected chi connectivity index (χ2v) is 4.17. The summed E-state index contributed by atoms with van der Waals surface area (Å²) in [6, 6.07) is 8.44. The molecule has 2 aromatic rings. The topological polar surface area (TPSA) is 77.2 Å². The smallest absolute Gasteiger partial charge is 0.257 e. The maximum Gasteiger partial charge on any atom is 0.257 e. The van der Waals surface area contributed by atoms with E-state index in [1.54, 1.807) is 31.4 Å². The van der Waals surface area contributed by atoms with Gasteiger partial charge in [0.15, 0.2) is 0 Å². The number of aromatic nitrogens is 1. The summed E-state index contributed by atoms with van der Waals surface area (Å²) in [4.78, 5) is 15.9. The average Bonchev–Trinajstić information content (AvgIpc) is 2.41. The molecule has 6 heteroatoms. The quantitative estimate of drug-likeness (QED) is 0.846. The minimum absolute atomic E-state index is 0.213. The van der Waals surface area contributed by atoms with Gasteiger partial charge in [0.25, 0.3) is 5.91 Å².